The molecule has 0 saturated heterocycles. The Morgan fingerprint density at radius 2 is 2.00 bits per heavy atom. The number of benzene rings is 1. The fourth-order valence-corrected chi connectivity index (χ4v) is 1.54. The van der Waals surface area contributed by atoms with Crippen LogP contribution < -0.4 is 10.2 Å². The average Bonchev–Trinajstić information content (AvgIpc) is 2.42. The van der Waals surface area contributed by atoms with Crippen molar-refractivity contribution in [1.29, 1.82) is 0 Å². The molecule has 1 N–H and O–H groups in total. The average molecular weight is 280 g/mol. The molecular weight excluding hydrogens is 260 g/mol. The van der Waals surface area contributed by atoms with Gasteiger partial charge in [-0.2, -0.15) is 0 Å². The zero-order valence-electron chi connectivity index (χ0n) is 12.0. The molecule has 0 radical (unpaired) electrons. The molecule has 0 aliphatic rings. The summed E-state index contributed by atoms with van der Waals surface area (Å²) in [5.74, 6) is -0.334. The first-order valence-corrected chi connectivity index (χ1v) is 6.33. The van der Waals surface area contributed by atoms with Crippen LogP contribution in [0.4, 0.5) is 0 Å². The van der Waals surface area contributed by atoms with Gasteiger partial charge < -0.3 is 10.2 Å². The van der Waals surface area contributed by atoms with Crippen LogP contribution in [-0.2, 0) is 21.0 Å². The van der Waals surface area contributed by atoms with Gasteiger partial charge in [-0.25, -0.2) is 4.79 Å². The first-order chi connectivity index (χ1) is 9.51. The summed E-state index contributed by atoms with van der Waals surface area (Å²) < 4.78 is 0. The van der Waals surface area contributed by atoms with Crippen LogP contribution in [0.15, 0.2) is 24.3 Å². The first kappa shape index (κ1) is 16.0. The van der Waals surface area contributed by atoms with E-state index in [0.29, 0.717) is 5.75 Å². The van der Waals surface area contributed by atoms with E-state index in [-0.39, 0.29) is 18.7 Å². The zero-order chi connectivity index (χ0) is 15.0. The highest BCUT2D eigenvalue weighted by Gasteiger charge is 2.09. The number of rotatable bonds is 7. The van der Waals surface area contributed by atoms with Gasteiger partial charge in [0.1, 0.15) is 0 Å². The zero-order valence-corrected chi connectivity index (χ0v) is 12.0. The predicted molar refractivity (Wildman–Crippen MR) is 73.9 cm³/mol. The first-order valence-electron chi connectivity index (χ1n) is 6.33. The molecule has 6 heteroatoms. The van der Waals surface area contributed by atoms with Gasteiger partial charge in [0.05, 0.1) is 6.42 Å². The van der Waals surface area contributed by atoms with E-state index in [1.165, 1.54) is 7.05 Å². The van der Waals surface area contributed by atoms with Crippen molar-refractivity contribution in [1.82, 2.24) is 10.2 Å². The highest BCUT2D eigenvalue weighted by atomic mass is 17.2. The third kappa shape index (κ3) is 6.19. The molecular formula is C14H20N2O4. The Morgan fingerprint density at radius 1 is 1.25 bits per heavy atom. The fraction of sp³-hybridized carbons (Fsp3) is 0.429. The van der Waals surface area contributed by atoms with Gasteiger partial charge in [-0.1, -0.05) is 12.1 Å². The molecule has 0 aromatic heterocycles. The third-order valence-electron chi connectivity index (χ3n) is 2.46. The molecule has 0 heterocycles. The van der Waals surface area contributed by atoms with Gasteiger partial charge >= 0.3 is 5.97 Å². The van der Waals surface area contributed by atoms with Gasteiger partial charge in [0.25, 0.3) is 0 Å². The van der Waals surface area contributed by atoms with E-state index in [1.54, 1.807) is 12.1 Å². The lowest BCUT2D eigenvalue weighted by Crippen LogP contribution is -2.19. The number of carbonyl (C=O) groups is 2. The molecule has 0 aliphatic carbocycles. The summed E-state index contributed by atoms with van der Waals surface area (Å²) >= 11 is 0. The Hall–Kier alpha value is -2.08. The minimum absolute atomic E-state index is 0.0168. The van der Waals surface area contributed by atoms with Gasteiger partial charge in [-0.05, 0) is 31.8 Å². The summed E-state index contributed by atoms with van der Waals surface area (Å²) in [7, 11) is 5.44. The quantitative estimate of drug-likeness (QED) is 0.598. The Bertz CT molecular complexity index is 460. The van der Waals surface area contributed by atoms with Crippen LogP contribution in [0.1, 0.15) is 18.4 Å². The van der Waals surface area contributed by atoms with Crippen molar-refractivity contribution >= 4 is 11.9 Å². The third-order valence-corrected chi connectivity index (χ3v) is 2.46. The van der Waals surface area contributed by atoms with E-state index in [2.05, 4.69) is 10.2 Å². The second-order valence-electron chi connectivity index (χ2n) is 4.60. The summed E-state index contributed by atoms with van der Waals surface area (Å²) in [5, 5.41) is 2.43. The van der Waals surface area contributed by atoms with E-state index in [0.717, 1.165) is 12.1 Å². The maximum absolute atomic E-state index is 11.4. The Kier molecular flexibility index (Phi) is 6.52. The molecule has 1 rings (SSSR count). The highest BCUT2D eigenvalue weighted by molar-refractivity contribution is 5.80. The molecule has 1 amide bonds. The fourth-order valence-electron chi connectivity index (χ4n) is 1.54. The van der Waals surface area contributed by atoms with Crippen molar-refractivity contribution in [3.63, 3.8) is 0 Å². The molecule has 1 aromatic carbocycles. The maximum Gasteiger partial charge on any atom is 0.355 e. The lowest BCUT2D eigenvalue weighted by atomic mass is 10.2. The van der Waals surface area contributed by atoms with Crippen molar-refractivity contribution in [3.8, 4) is 5.75 Å². The van der Waals surface area contributed by atoms with E-state index in [4.69, 9.17) is 4.89 Å². The van der Waals surface area contributed by atoms with Crippen molar-refractivity contribution in [3.05, 3.63) is 29.8 Å². The van der Waals surface area contributed by atoms with Crippen LogP contribution in [0.2, 0.25) is 0 Å². The van der Waals surface area contributed by atoms with Crippen molar-refractivity contribution in [2.45, 2.75) is 19.4 Å². The normalized spacial score (nSPS) is 10.2. The second-order valence-corrected chi connectivity index (χ2v) is 4.60. The van der Waals surface area contributed by atoms with Gasteiger partial charge in [-0.3, -0.25) is 14.6 Å². The van der Waals surface area contributed by atoms with Crippen LogP contribution in [0.25, 0.3) is 0 Å². The molecule has 0 unspecified atom stereocenters. The lowest BCUT2D eigenvalue weighted by molar-refractivity contribution is -0.213. The Labute approximate surface area is 118 Å². The second kappa shape index (κ2) is 8.16. The molecule has 6 nitrogen and oxygen atoms in total. The SMILES string of the molecule is CNC(=O)CCC(=O)OOc1cccc(CN(C)C)c1. The monoisotopic (exact) mass is 280 g/mol. The summed E-state index contributed by atoms with van der Waals surface area (Å²) in [6, 6.07) is 7.28. The van der Waals surface area contributed by atoms with E-state index in [1.807, 2.05) is 31.1 Å². The smallest absolute Gasteiger partial charge is 0.355 e. The largest absolute Gasteiger partial charge is 0.359 e. The van der Waals surface area contributed by atoms with Gasteiger partial charge in [0.15, 0.2) is 5.75 Å². The van der Waals surface area contributed by atoms with Crippen LogP contribution in [0.5, 0.6) is 5.75 Å². The van der Waals surface area contributed by atoms with Crippen LogP contribution in [0, 0.1) is 0 Å². The summed E-state index contributed by atoms with van der Waals surface area (Å²) in [6.45, 7) is 0.766. The van der Waals surface area contributed by atoms with E-state index >= 15 is 0 Å². The van der Waals surface area contributed by atoms with Crippen LogP contribution >= 0.6 is 0 Å². The molecule has 0 fully saturated rings. The molecule has 0 aliphatic heterocycles. The Balaban J connectivity index is 2.41. The number of nitrogens with zero attached hydrogens (tertiary/aromatic N) is 1. The Morgan fingerprint density at radius 3 is 2.65 bits per heavy atom. The molecule has 1 aromatic rings. The van der Waals surface area contributed by atoms with Crippen molar-refractivity contribution in [2.75, 3.05) is 21.1 Å². The molecule has 0 saturated carbocycles. The highest BCUT2D eigenvalue weighted by Crippen LogP contribution is 2.14. The number of carbonyl (C=O) groups excluding carboxylic acids is 2. The number of nitrogens with one attached hydrogen (secondary N) is 1. The van der Waals surface area contributed by atoms with Crippen molar-refractivity contribution in [2.24, 2.45) is 0 Å². The number of hydrogen-bond acceptors (Lipinski definition) is 5. The van der Waals surface area contributed by atoms with Crippen LogP contribution in [0.3, 0.4) is 0 Å². The lowest BCUT2D eigenvalue weighted by Gasteiger charge is -2.10. The number of amides is 1. The molecule has 0 atom stereocenters. The van der Waals surface area contributed by atoms with Gasteiger partial charge in [0, 0.05) is 20.0 Å². The molecule has 110 valence electrons. The van der Waals surface area contributed by atoms with Gasteiger partial charge in [0.2, 0.25) is 5.91 Å². The maximum atomic E-state index is 11.4. The molecule has 20 heavy (non-hydrogen) atoms. The topological polar surface area (TPSA) is 67.9 Å². The van der Waals surface area contributed by atoms with Crippen LogP contribution in [-0.4, -0.2) is 37.9 Å². The molecule has 0 spiro atoms. The summed E-state index contributed by atoms with van der Waals surface area (Å²) in [6.07, 6.45) is 0.0659. The number of hydrogen-bond donors (Lipinski definition) is 1. The summed E-state index contributed by atoms with van der Waals surface area (Å²) in [5.41, 5.74) is 1.05. The van der Waals surface area contributed by atoms with E-state index < -0.39 is 5.97 Å². The van der Waals surface area contributed by atoms with Gasteiger partial charge in [-0.15, -0.1) is 0 Å². The van der Waals surface area contributed by atoms with E-state index in [9.17, 15) is 9.59 Å². The summed E-state index contributed by atoms with van der Waals surface area (Å²) in [4.78, 5) is 34.0. The predicted octanol–water partition coefficient (Wildman–Crippen LogP) is 1.11. The molecule has 0 bridgehead atoms. The minimum Gasteiger partial charge on any atom is -0.359 e. The standard InChI is InChI=1S/C14H20N2O4/c1-15-13(17)7-8-14(18)20-19-12-6-4-5-11(9-12)10-16(2)3/h4-6,9H,7-8,10H2,1-3H3,(H,15,17). The minimum atomic E-state index is -0.577. The van der Waals surface area contributed by atoms with Crippen molar-refractivity contribution < 1.29 is 19.4 Å².